The van der Waals surface area contributed by atoms with E-state index in [9.17, 15) is 9.46 Å². The Balaban J connectivity index is 3.60. The highest BCUT2D eigenvalue weighted by molar-refractivity contribution is 7.47. The molecule has 0 spiro atoms. The Labute approximate surface area is 187 Å². The Morgan fingerprint density at radius 2 is 0.967 bits per heavy atom. The Hall–Kier alpha value is 0.0700. The first kappa shape index (κ1) is 30.1. The smallest absolute Gasteiger partial charge is 0.302 e. The monoisotopic (exact) mass is 449 g/mol. The molecule has 0 aliphatic rings. The molecule has 1 N–H and O–H groups in total. The van der Waals surface area contributed by atoms with Crippen LogP contribution < -0.4 is 0 Å². The van der Waals surface area contributed by atoms with Crippen molar-refractivity contribution in [3.63, 3.8) is 0 Å². The normalized spacial score (nSPS) is 13.8. The fourth-order valence-electron chi connectivity index (χ4n) is 3.54. The summed E-state index contributed by atoms with van der Waals surface area (Å²) in [7, 11) is -3.91. The van der Waals surface area contributed by atoms with Crippen LogP contribution in [-0.4, -0.2) is 42.6 Å². The predicted octanol–water partition coefficient (Wildman–Crippen LogP) is 7.72. The molecule has 0 radical (unpaired) electrons. The standard InChI is InChI=1S/C24H52NO4P/c1-4-7-10-11-12-13-14-15-16-17-18-19-23-28-30(26,27)29-24-22-25(20-8-5-2)21-9-6-3/h4-24H2,1-3H3,(H,26,27). The lowest BCUT2D eigenvalue weighted by molar-refractivity contribution is 0.128. The lowest BCUT2D eigenvalue weighted by atomic mass is 10.1. The second-order valence-electron chi connectivity index (χ2n) is 8.57. The lowest BCUT2D eigenvalue weighted by Gasteiger charge is -2.22. The van der Waals surface area contributed by atoms with Crippen molar-refractivity contribution in [1.29, 1.82) is 0 Å². The third-order valence-corrected chi connectivity index (χ3v) is 6.59. The fourth-order valence-corrected chi connectivity index (χ4v) is 4.29. The van der Waals surface area contributed by atoms with E-state index in [1.165, 1.54) is 64.2 Å². The number of hydrogen-bond donors (Lipinski definition) is 1. The molecule has 0 aromatic carbocycles. The van der Waals surface area contributed by atoms with Gasteiger partial charge in [0.05, 0.1) is 13.2 Å². The van der Waals surface area contributed by atoms with Crippen molar-refractivity contribution in [3.05, 3.63) is 0 Å². The van der Waals surface area contributed by atoms with E-state index in [0.717, 1.165) is 51.6 Å². The van der Waals surface area contributed by atoms with Crippen LogP contribution in [0.5, 0.6) is 0 Å². The van der Waals surface area contributed by atoms with Crippen LogP contribution in [0, 0.1) is 0 Å². The number of hydrogen-bond acceptors (Lipinski definition) is 4. The van der Waals surface area contributed by atoms with Crippen molar-refractivity contribution in [3.8, 4) is 0 Å². The second kappa shape index (κ2) is 22.3. The zero-order valence-electron chi connectivity index (χ0n) is 20.4. The SMILES string of the molecule is CCCCCCCCCCCCCCOP(=O)(O)OCCN(CCCC)CCCC. The third-order valence-electron chi connectivity index (χ3n) is 5.57. The summed E-state index contributed by atoms with van der Waals surface area (Å²) in [5.41, 5.74) is 0. The summed E-state index contributed by atoms with van der Waals surface area (Å²) in [5.74, 6) is 0. The Morgan fingerprint density at radius 3 is 1.43 bits per heavy atom. The number of rotatable bonds is 24. The van der Waals surface area contributed by atoms with Gasteiger partial charge in [-0.15, -0.1) is 0 Å². The van der Waals surface area contributed by atoms with Crippen molar-refractivity contribution in [1.82, 2.24) is 4.90 Å². The molecule has 0 amide bonds. The van der Waals surface area contributed by atoms with Crippen LogP contribution in [0.3, 0.4) is 0 Å². The number of nitrogens with zero attached hydrogens (tertiary/aromatic N) is 1. The van der Waals surface area contributed by atoms with Crippen LogP contribution in [0.15, 0.2) is 0 Å². The van der Waals surface area contributed by atoms with Gasteiger partial charge < -0.3 is 9.79 Å². The molecule has 30 heavy (non-hydrogen) atoms. The minimum atomic E-state index is -3.91. The zero-order valence-corrected chi connectivity index (χ0v) is 21.3. The van der Waals surface area contributed by atoms with Gasteiger partial charge in [0.25, 0.3) is 0 Å². The molecule has 0 aromatic rings. The van der Waals surface area contributed by atoms with E-state index in [0.29, 0.717) is 13.2 Å². The van der Waals surface area contributed by atoms with Gasteiger partial charge >= 0.3 is 7.82 Å². The highest BCUT2D eigenvalue weighted by Gasteiger charge is 2.20. The summed E-state index contributed by atoms with van der Waals surface area (Å²) in [6.45, 7) is 9.91. The summed E-state index contributed by atoms with van der Waals surface area (Å²) < 4.78 is 22.3. The molecule has 5 nitrogen and oxygen atoms in total. The quantitative estimate of drug-likeness (QED) is 0.121. The first-order chi connectivity index (χ1) is 14.6. The molecular formula is C24H52NO4P. The van der Waals surface area contributed by atoms with Gasteiger partial charge in [-0.25, -0.2) is 4.57 Å². The van der Waals surface area contributed by atoms with Crippen LogP contribution in [0.2, 0.25) is 0 Å². The van der Waals surface area contributed by atoms with Crippen molar-refractivity contribution in [2.45, 2.75) is 124 Å². The molecular weight excluding hydrogens is 397 g/mol. The average molecular weight is 450 g/mol. The average Bonchev–Trinajstić information content (AvgIpc) is 2.72. The molecule has 0 rings (SSSR count). The van der Waals surface area contributed by atoms with Crippen molar-refractivity contribution < 1.29 is 18.5 Å². The van der Waals surface area contributed by atoms with E-state index >= 15 is 0 Å². The van der Waals surface area contributed by atoms with E-state index in [4.69, 9.17) is 9.05 Å². The minimum Gasteiger partial charge on any atom is -0.302 e. The van der Waals surface area contributed by atoms with Gasteiger partial charge in [-0.05, 0) is 32.4 Å². The highest BCUT2D eigenvalue weighted by Crippen LogP contribution is 2.43. The molecule has 0 bridgehead atoms. The van der Waals surface area contributed by atoms with Crippen LogP contribution in [0.25, 0.3) is 0 Å². The summed E-state index contributed by atoms with van der Waals surface area (Å²) in [6.07, 6.45) is 19.8. The molecule has 0 heterocycles. The van der Waals surface area contributed by atoms with Crippen LogP contribution in [0.4, 0.5) is 0 Å². The van der Waals surface area contributed by atoms with E-state index in [1.807, 2.05) is 0 Å². The van der Waals surface area contributed by atoms with Gasteiger partial charge in [0.1, 0.15) is 0 Å². The number of phosphoric acid groups is 1. The summed E-state index contributed by atoms with van der Waals surface area (Å²) >= 11 is 0. The summed E-state index contributed by atoms with van der Waals surface area (Å²) in [5, 5.41) is 0. The number of unbranched alkanes of at least 4 members (excludes halogenated alkanes) is 13. The Kier molecular flexibility index (Phi) is 22.3. The highest BCUT2D eigenvalue weighted by atomic mass is 31.2. The van der Waals surface area contributed by atoms with Crippen LogP contribution in [0.1, 0.15) is 124 Å². The third kappa shape index (κ3) is 21.3. The predicted molar refractivity (Wildman–Crippen MR) is 129 cm³/mol. The van der Waals surface area contributed by atoms with Crippen molar-refractivity contribution in [2.24, 2.45) is 0 Å². The van der Waals surface area contributed by atoms with Gasteiger partial charge in [0.15, 0.2) is 0 Å². The van der Waals surface area contributed by atoms with Gasteiger partial charge in [-0.3, -0.25) is 9.05 Å². The molecule has 6 heteroatoms. The van der Waals surface area contributed by atoms with E-state index in [1.54, 1.807) is 0 Å². The van der Waals surface area contributed by atoms with Gasteiger partial charge in [-0.1, -0.05) is 104 Å². The van der Waals surface area contributed by atoms with Gasteiger partial charge in [0.2, 0.25) is 0 Å². The first-order valence-corrected chi connectivity index (χ1v) is 14.4. The molecule has 0 fully saturated rings. The number of phosphoric ester groups is 1. The fraction of sp³-hybridized carbons (Fsp3) is 1.00. The van der Waals surface area contributed by atoms with Crippen molar-refractivity contribution in [2.75, 3.05) is 32.8 Å². The summed E-state index contributed by atoms with van der Waals surface area (Å²) in [6, 6.07) is 0. The molecule has 182 valence electrons. The Morgan fingerprint density at radius 1 is 0.567 bits per heavy atom. The van der Waals surface area contributed by atoms with E-state index in [-0.39, 0.29) is 6.61 Å². The zero-order chi connectivity index (χ0) is 22.3. The maximum atomic E-state index is 12.0. The molecule has 0 aromatic heterocycles. The van der Waals surface area contributed by atoms with E-state index in [2.05, 4.69) is 25.7 Å². The van der Waals surface area contributed by atoms with Crippen LogP contribution >= 0.6 is 7.82 Å². The maximum absolute atomic E-state index is 12.0. The second-order valence-corrected chi connectivity index (χ2v) is 10.0. The first-order valence-electron chi connectivity index (χ1n) is 12.9. The topological polar surface area (TPSA) is 59.0 Å². The molecule has 1 unspecified atom stereocenters. The molecule has 0 saturated carbocycles. The largest absolute Gasteiger partial charge is 0.472 e. The van der Waals surface area contributed by atoms with Crippen LogP contribution in [-0.2, 0) is 13.6 Å². The lowest BCUT2D eigenvalue weighted by Crippen LogP contribution is -2.29. The van der Waals surface area contributed by atoms with E-state index < -0.39 is 7.82 Å². The minimum absolute atomic E-state index is 0.250. The van der Waals surface area contributed by atoms with Gasteiger partial charge in [-0.2, -0.15) is 0 Å². The maximum Gasteiger partial charge on any atom is 0.472 e. The Bertz CT molecular complexity index is 387. The summed E-state index contributed by atoms with van der Waals surface area (Å²) in [4.78, 5) is 12.2. The molecule has 0 aliphatic heterocycles. The van der Waals surface area contributed by atoms with Crippen molar-refractivity contribution >= 4 is 7.82 Å². The molecule has 1 atom stereocenters. The van der Waals surface area contributed by atoms with Gasteiger partial charge in [0, 0.05) is 6.54 Å². The molecule has 0 aliphatic carbocycles. The molecule has 0 saturated heterocycles.